The van der Waals surface area contributed by atoms with Crippen LogP contribution < -0.4 is 10.2 Å². The molecule has 0 atom stereocenters. The van der Waals surface area contributed by atoms with Crippen LogP contribution in [0.15, 0.2) is 107 Å². The highest BCUT2D eigenvalue weighted by Gasteiger charge is 2.25. The lowest BCUT2D eigenvalue weighted by Gasteiger charge is -2.23. The second kappa shape index (κ2) is 14.2. The molecule has 0 aliphatic rings. The maximum atomic E-state index is 13.5. The molecule has 0 aromatic heterocycles. The number of hydrogen-bond acceptors (Lipinski definition) is 5. The molecule has 1 N–H and O–H groups in total. The number of benzene rings is 4. The van der Waals surface area contributed by atoms with E-state index < -0.39 is 21.7 Å². The lowest BCUT2D eigenvalue weighted by Crippen LogP contribution is -2.30. The van der Waals surface area contributed by atoms with E-state index in [2.05, 4.69) is 10.5 Å². The molecule has 0 spiro atoms. The minimum atomic E-state index is -3.93. The number of nitrogens with one attached hydrogen (secondary N) is 1. The average Bonchev–Trinajstić information content (AvgIpc) is 3.00. The molecule has 1 amide bonds. The Bertz CT molecular complexity index is 1630. The Hall–Kier alpha value is -4.05. The fourth-order valence-electron chi connectivity index (χ4n) is 4.02. The van der Waals surface area contributed by atoms with Gasteiger partial charge in [0, 0.05) is 23.7 Å². The Labute approximate surface area is 250 Å². The molecule has 0 fully saturated rings. The van der Waals surface area contributed by atoms with E-state index in [0.29, 0.717) is 34.0 Å². The van der Waals surface area contributed by atoms with Gasteiger partial charge in [0.25, 0.3) is 5.91 Å². The molecule has 4 aromatic carbocycles. The number of carbonyl (C=O) groups is 1. The van der Waals surface area contributed by atoms with Gasteiger partial charge in [0.2, 0.25) is 10.0 Å². The zero-order chi connectivity index (χ0) is 30.1. The Balaban J connectivity index is 1.46. The van der Waals surface area contributed by atoms with E-state index in [1.54, 1.807) is 43.3 Å². The molecule has 4 rings (SSSR count). The predicted molar refractivity (Wildman–Crippen MR) is 163 cm³/mol. The summed E-state index contributed by atoms with van der Waals surface area (Å²) in [5.74, 6) is -0.0374. The summed E-state index contributed by atoms with van der Waals surface area (Å²) < 4.78 is 47.4. The minimum Gasteiger partial charge on any atom is -0.494 e. The summed E-state index contributed by atoms with van der Waals surface area (Å²) >= 11 is 5.96. The first kappa shape index (κ1) is 30.9. The largest absolute Gasteiger partial charge is 0.494 e. The number of amides is 1. The van der Waals surface area contributed by atoms with Gasteiger partial charge in [0.05, 0.1) is 17.2 Å². The van der Waals surface area contributed by atoms with Gasteiger partial charge in [-0.15, -0.1) is 0 Å². The highest BCUT2D eigenvalue weighted by Crippen LogP contribution is 2.23. The number of hydrazone groups is 1. The third-order valence-corrected chi connectivity index (χ3v) is 8.43. The number of halogens is 2. The maximum absolute atomic E-state index is 13.5. The molecular formula is C32H31ClFN3O4S. The molecule has 7 nitrogen and oxygen atoms in total. The van der Waals surface area contributed by atoms with Crippen LogP contribution in [0.25, 0.3) is 0 Å². The Morgan fingerprint density at radius 3 is 1.98 bits per heavy atom. The first-order chi connectivity index (χ1) is 20.2. The molecule has 10 heteroatoms. The van der Waals surface area contributed by atoms with Gasteiger partial charge in [0.15, 0.2) is 0 Å². The molecule has 0 saturated carbocycles. The van der Waals surface area contributed by atoms with Crippen LogP contribution in [0.2, 0.25) is 5.02 Å². The number of nitrogens with zero attached hydrogens (tertiary/aromatic N) is 2. The van der Waals surface area contributed by atoms with Gasteiger partial charge in [-0.2, -0.15) is 9.41 Å². The Kier molecular flexibility index (Phi) is 10.5. The molecule has 0 heterocycles. The van der Waals surface area contributed by atoms with Crippen LogP contribution in [0.4, 0.5) is 4.39 Å². The van der Waals surface area contributed by atoms with Gasteiger partial charge in [-0.05, 0) is 103 Å². The van der Waals surface area contributed by atoms with Crippen LogP contribution in [-0.2, 0) is 23.1 Å². The molecule has 218 valence electrons. The van der Waals surface area contributed by atoms with Crippen LogP contribution in [-0.4, -0.2) is 30.9 Å². The van der Waals surface area contributed by atoms with Crippen molar-refractivity contribution in [2.75, 3.05) is 6.61 Å². The second-order valence-electron chi connectivity index (χ2n) is 9.56. The third-order valence-electron chi connectivity index (χ3n) is 6.37. The number of hydrogen-bond donors (Lipinski definition) is 1. The summed E-state index contributed by atoms with van der Waals surface area (Å²) in [5, 5.41) is 4.63. The molecule has 0 bridgehead atoms. The maximum Gasteiger partial charge on any atom is 0.271 e. The van der Waals surface area contributed by atoms with Crippen molar-refractivity contribution in [3.8, 4) is 5.75 Å². The number of carbonyl (C=O) groups excluding carboxylic acids is 1. The van der Waals surface area contributed by atoms with Crippen molar-refractivity contribution >= 4 is 33.2 Å². The van der Waals surface area contributed by atoms with E-state index in [-0.39, 0.29) is 18.0 Å². The van der Waals surface area contributed by atoms with E-state index in [1.807, 2.05) is 31.2 Å². The number of rotatable bonds is 12. The van der Waals surface area contributed by atoms with Crippen LogP contribution in [0, 0.1) is 5.82 Å². The van der Waals surface area contributed by atoms with E-state index in [4.69, 9.17) is 16.3 Å². The summed E-state index contributed by atoms with van der Waals surface area (Å²) in [4.78, 5) is 12.8. The van der Waals surface area contributed by atoms with Crippen molar-refractivity contribution in [1.29, 1.82) is 0 Å². The molecule has 0 radical (unpaired) electrons. The quantitative estimate of drug-likeness (QED) is 0.141. The number of sulfonamides is 1. The van der Waals surface area contributed by atoms with Crippen LogP contribution in [0.3, 0.4) is 0 Å². The van der Waals surface area contributed by atoms with Crippen molar-refractivity contribution in [3.63, 3.8) is 0 Å². The molecule has 0 saturated heterocycles. The fourth-order valence-corrected chi connectivity index (χ4v) is 5.56. The van der Waals surface area contributed by atoms with Crippen LogP contribution in [0.5, 0.6) is 5.75 Å². The molecule has 0 aliphatic heterocycles. The highest BCUT2D eigenvalue weighted by atomic mass is 35.5. The van der Waals surface area contributed by atoms with Gasteiger partial charge >= 0.3 is 0 Å². The monoisotopic (exact) mass is 607 g/mol. The van der Waals surface area contributed by atoms with Crippen molar-refractivity contribution in [2.45, 2.75) is 38.3 Å². The predicted octanol–water partition coefficient (Wildman–Crippen LogP) is 6.81. The van der Waals surface area contributed by atoms with E-state index in [9.17, 15) is 17.6 Å². The van der Waals surface area contributed by atoms with Crippen LogP contribution >= 0.6 is 11.6 Å². The smallest absolute Gasteiger partial charge is 0.271 e. The average molecular weight is 608 g/mol. The van der Waals surface area contributed by atoms with E-state index in [0.717, 1.165) is 17.7 Å². The zero-order valence-corrected chi connectivity index (χ0v) is 24.8. The normalized spacial score (nSPS) is 11.9. The third kappa shape index (κ3) is 8.25. The van der Waals surface area contributed by atoms with Crippen molar-refractivity contribution in [2.24, 2.45) is 5.10 Å². The van der Waals surface area contributed by atoms with Crippen molar-refractivity contribution in [3.05, 3.63) is 130 Å². The summed E-state index contributed by atoms with van der Waals surface area (Å²) in [7, 11) is -3.93. The Morgan fingerprint density at radius 1 is 0.857 bits per heavy atom. The first-order valence-corrected chi connectivity index (χ1v) is 15.1. The minimum absolute atomic E-state index is 0.0210. The zero-order valence-electron chi connectivity index (χ0n) is 23.3. The molecule has 0 unspecified atom stereocenters. The molecule has 0 aliphatic carbocycles. The summed E-state index contributed by atoms with van der Waals surface area (Å²) in [6.45, 7) is 4.53. The number of ether oxygens (including phenoxy) is 1. The SMILES string of the molecule is CCCOc1ccc(C(C)=NNC(=O)c2ccc(CN(Cc3ccc(F)cc3)S(=O)(=O)c3ccc(Cl)cc3)cc2)cc1. The van der Waals surface area contributed by atoms with Gasteiger partial charge in [-0.3, -0.25) is 4.79 Å². The standard InChI is InChI=1S/C32H31ClFN3O4S/c1-3-20-41-30-16-10-26(11-17-30)23(2)35-36-32(38)27-8-4-24(5-9-27)21-37(22-25-6-14-29(34)15-7-25)42(39,40)31-18-12-28(33)13-19-31/h4-19H,3,20-22H2,1-2H3,(H,36,38). The molecular weight excluding hydrogens is 577 g/mol. The van der Waals surface area contributed by atoms with E-state index >= 15 is 0 Å². The topological polar surface area (TPSA) is 88.1 Å². The first-order valence-electron chi connectivity index (χ1n) is 13.3. The molecule has 4 aromatic rings. The summed E-state index contributed by atoms with van der Waals surface area (Å²) in [6.07, 6.45) is 0.923. The van der Waals surface area contributed by atoms with Crippen LogP contribution in [0.1, 0.15) is 47.3 Å². The van der Waals surface area contributed by atoms with Gasteiger partial charge < -0.3 is 4.74 Å². The van der Waals surface area contributed by atoms with E-state index in [1.165, 1.54) is 40.7 Å². The van der Waals surface area contributed by atoms with Crippen molar-refractivity contribution in [1.82, 2.24) is 9.73 Å². The van der Waals surface area contributed by atoms with Gasteiger partial charge in [-0.1, -0.05) is 42.8 Å². The summed E-state index contributed by atoms with van der Waals surface area (Å²) in [5.41, 5.74) is 5.69. The lowest BCUT2D eigenvalue weighted by molar-refractivity contribution is 0.0954. The highest BCUT2D eigenvalue weighted by molar-refractivity contribution is 7.89. The van der Waals surface area contributed by atoms with Gasteiger partial charge in [-0.25, -0.2) is 18.2 Å². The molecule has 42 heavy (non-hydrogen) atoms. The second-order valence-corrected chi connectivity index (χ2v) is 11.9. The van der Waals surface area contributed by atoms with Gasteiger partial charge in [0.1, 0.15) is 11.6 Å². The Morgan fingerprint density at radius 2 is 1.40 bits per heavy atom. The lowest BCUT2D eigenvalue weighted by atomic mass is 10.1. The van der Waals surface area contributed by atoms with Crippen molar-refractivity contribution < 1.29 is 22.3 Å². The summed E-state index contributed by atoms with van der Waals surface area (Å²) in [6, 6.07) is 25.7. The fraction of sp³-hybridized carbons (Fsp3) is 0.188.